The van der Waals surface area contributed by atoms with Crippen LogP contribution < -0.4 is 5.32 Å². The van der Waals surface area contributed by atoms with E-state index >= 15 is 0 Å². The molecule has 20 heavy (non-hydrogen) atoms. The Morgan fingerprint density at radius 2 is 1.90 bits per heavy atom. The molecule has 1 aromatic rings. The van der Waals surface area contributed by atoms with Crippen LogP contribution in [-0.2, 0) is 14.8 Å². The van der Waals surface area contributed by atoms with Crippen molar-refractivity contribution < 1.29 is 13.2 Å². The van der Waals surface area contributed by atoms with Crippen molar-refractivity contribution in [3.63, 3.8) is 0 Å². The Balaban J connectivity index is 1.81. The lowest BCUT2D eigenvalue weighted by Crippen LogP contribution is -2.28. The molecule has 0 aromatic heterocycles. The third kappa shape index (κ3) is 2.71. The fourth-order valence-electron chi connectivity index (χ4n) is 2.40. The van der Waals surface area contributed by atoms with Gasteiger partial charge in [0, 0.05) is 24.7 Å². The highest BCUT2D eigenvalue weighted by Gasteiger charge is 2.30. The summed E-state index contributed by atoms with van der Waals surface area (Å²) in [5.41, 5.74) is 0.558. The molecule has 2 fully saturated rings. The van der Waals surface area contributed by atoms with Gasteiger partial charge in [-0.15, -0.1) is 0 Å². The average molecular weight is 294 g/mol. The monoisotopic (exact) mass is 294 g/mol. The molecule has 0 unspecified atom stereocenters. The minimum absolute atomic E-state index is 0.0132. The minimum atomic E-state index is -3.42. The quantitative estimate of drug-likeness (QED) is 0.921. The molecule has 0 atom stereocenters. The normalized spacial score (nSPS) is 20.0. The summed E-state index contributed by atoms with van der Waals surface area (Å²) in [7, 11) is -3.42. The smallest absolute Gasteiger partial charge is 0.243 e. The van der Waals surface area contributed by atoms with E-state index in [9.17, 15) is 13.2 Å². The van der Waals surface area contributed by atoms with Gasteiger partial charge >= 0.3 is 0 Å². The molecule has 1 heterocycles. The Morgan fingerprint density at radius 1 is 1.20 bits per heavy atom. The van der Waals surface area contributed by atoms with Gasteiger partial charge in [0.2, 0.25) is 15.9 Å². The zero-order chi connectivity index (χ0) is 14.2. The first kappa shape index (κ1) is 13.6. The van der Waals surface area contributed by atoms with Crippen molar-refractivity contribution in [2.24, 2.45) is 5.92 Å². The summed E-state index contributed by atoms with van der Waals surface area (Å²) in [5, 5.41) is 2.79. The molecule has 0 bridgehead atoms. The number of rotatable bonds is 4. The Hall–Kier alpha value is -1.40. The zero-order valence-electron chi connectivity index (χ0n) is 11.2. The molecule has 1 saturated heterocycles. The fourth-order valence-corrected chi connectivity index (χ4v) is 3.97. The number of sulfonamides is 1. The Bertz CT molecular complexity index is 617. The van der Waals surface area contributed by atoms with E-state index in [0.29, 0.717) is 18.8 Å². The molecule has 0 radical (unpaired) electrons. The van der Waals surface area contributed by atoms with Crippen LogP contribution in [0.4, 0.5) is 5.69 Å². The van der Waals surface area contributed by atoms with E-state index in [1.165, 1.54) is 4.31 Å². The predicted octanol–water partition coefficient (Wildman–Crippen LogP) is 1.82. The molecular weight excluding hydrogens is 276 g/mol. The van der Waals surface area contributed by atoms with Gasteiger partial charge < -0.3 is 5.32 Å². The number of carbonyl (C=O) groups excluding carboxylic acids is 1. The molecular formula is C14H18N2O3S. The summed E-state index contributed by atoms with van der Waals surface area (Å²) in [6.07, 6.45) is 3.68. The molecule has 1 N–H and O–H groups in total. The van der Waals surface area contributed by atoms with Gasteiger partial charge in [-0.2, -0.15) is 4.31 Å². The molecule has 108 valence electrons. The van der Waals surface area contributed by atoms with Crippen LogP contribution in [0.25, 0.3) is 0 Å². The number of nitrogens with one attached hydrogen (secondary N) is 1. The molecule has 6 heteroatoms. The Morgan fingerprint density at radius 3 is 2.55 bits per heavy atom. The van der Waals surface area contributed by atoms with E-state index in [-0.39, 0.29) is 16.7 Å². The van der Waals surface area contributed by atoms with Gasteiger partial charge in [-0.3, -0.25) is 4.79 Å². The highest BCUT2D eigenvalue weighted by Crippen LogP contribution is 2.30. The van der Waals surface area contributed by atoms with Crippen LogP contribution in [0.3, 0.4) is 0 Å². The number of benzene rings is 1. The number of amides is 1. The predicted molar refractivity (Wildman–Crippen MR) is 75.8 cm³/mol. The van der Waals surface area contributed by atoms with Gasteiger partial charge in [0.25, 0.3) is 0 Å². The lowest BCUT2D eigenvalue weighted by atomic mass is 10.3. The fraction of sp³-hybridized carbons (Fsp3) is 0.500. The van der Waals surface area contributed by atoms with Crippen LogP contribution in [-0.4, -0.2) is 31.7 Å². The van der Waals surface area contributed by atoms with Crippen LogP contribution in [0, 0.1) is 5.92 Å². The summed E-state index contributed by atoms with van der Waals surface area (Å²) < 4.78 is 26.4. The second-order valence-electron chi connectivity index (χ2n) is 5.40. The first-order valence-corrected chi connectivity index (χ1v) is 8.42. The molecule has 1 amide bonds. The molecule has 1 aliphatic carbocycles. The maximum atomic E-state index is 12.4. The summed E-state index contributed by atoms with van der Waals surface area (Å²) in [6.45, 7) is 1.17. The van der Waals surface area contributed by atoms with Crippen molar-refractivity contribution in [3.05, 3.63) is 24.3 Å². The number of carbonyl (C=O) groups is 1. The van der Waals surface area contributed by atoms with E-state index in [1.807, 2.05) is 0 Å². The third-order valence-electron chi connectivity index (χ3n) is 3.75. The van der Waals surface area contributed by atoms with Crippen molar-refractivity contribution in [2.45, 2.75) is 30.6 Å². The Kier molecular flexibility index (Phi) is 3.52. The Labute approximate surface area is 119 Å². The van der Waals surface area contributed by atoms with Crippen molar-refractivity contribution in [2.75, 3.05) is 18.4 Å². The van der Waals surface area contributed by atoms with Gasteiger partial charge in [0.05, 0.1) is 4.90 Å². The molecule has 1 aromatic carbocycles. The van der Waals surface area contributed by atoms with E-state index in [4.69, 9.17) is 0 Å². The second-order valence-corrected chi connectivity index (χ2v) is 7.34. The van der Waals surface area contributed by atoms with Gasteiger partial charge in [-0.05, 0) is 43.9 Å². The number of anilines is 1. The molecule has 1 saturated carbocycles. The van der Waals surface area contributed by atoms with E-state index < -0.39 is 10.0 Å². The van der Waals surface area contributed by atoms with E-state index in [0.717, 1.165) is 25.7 Å². The van der Waals surface area contributed by atoms with Gasteiger partial charge in [0.15, 0.2) is 0 Å². The molecule has 1 aliphatic heterocycles. The van der Waals surface area contributed by atoms with Crippen LogP contribution in [0.1, 0.15) is 25.7 Å². The van der Waals surface area contributed by atoms with E-state index in [1.54, 1.807) is 24.3 Å². The molecule has 5 nitrogen and oxygen atoms in total. The van der Waals surface area contributed by atoms with Crippen LogP contribution in [0.15, 0.2) is 29.2 Å². The average Bonchev–Trinajstić information content (AvgIpc) is 3.13. The molecule has 3 rings (SSSR count). The lowest BCUT2D eigenvalue weighted by Gasteiger charge is -2.16. The standard InChI is InChI=1S/C14H18N2O3S/c17-14(11-6-7-11)15-12-4-3-5-13(10-12)20(18,19)16-8-1-2-9-16/h3-5,10-11H,1-2,6-9H2,(H,15,17). The summed E-state index contributed by atoms with van der Waals surface area (Å²) in [4.78, 5) is 12.0. The van der Waals surface area contributed by atoms with Gasteiger partial charge in [0.1, 0.15) is 0 Å². The van der Waals surface area contributed by atoms with E-state index in [2.05, 4.69) is 5.32 Å². The number of hydrogen-bond acceptors (Lipinski definition) is 3. The highest BCUT2D eigenvalue weighted by atomic mass is 32.2. The SMILES string of the molecule is O=C(Nc1cccc(S(=O)(=O)N2CCCC2)c1)C1CC1. The molecule has 0 spiro atoms. The van der Waals surface area contributed by atoms with Crippen LogP contribution in [0.2, 0.25) is 0 Å². The van der Waals surface area contributed by atoms with Crippen molar-refractivity contribution in [3.8, 4) is 0 Å². The minimum Gasteiger partial charge on any atom is -0.326 e. The lowest BCUT2D eigenvalue weighted by molar-refractivity contribution is -0.117. The summed E-state index contributed by atoms with van der Waals surface area (Å²) in [6, 6.07) is 6.53. The van der Waals surface area contributed by atoms with Gasteiger partial charge in [-0.1, -0.05) is 6.07 Å². The first-order chi connectivity index (χ1) is 9.57. The van der Waals surface area contributed by atoms with Crippen molar-refractivity contribution in [1.82, 2.24) is 4.31 Å². The maximum Gasteiger partial charge on any atom is 0.243 e. The van der Waals surface area contributed by atoms with Crippen molar-refractivity contribution in [1.29, 1.82) is 0 Å². The second kappa shape index (κ2) is 5.18. The summed E-state index contributed by atoms with van der Waals surface area (Å²) in [5.74, 6) is 0.0922. The van der Waals surface area contributed by atoms with Gasteiger partial charge in [-0.25, -0.2) is 8.42 Å². The van der Waals surface area contributed by atoms with Crippen molar-refractivity contribution >= 4 is 21.6 Å². The topological polar surface area (TPSA) is 66.5 Å². The number of nitrogens with zero attached hydrogens (tertiary/aromatic N) is 1. The third-order valence-corrected chi connectivity index (χ3v) is 5.65. The van der Waals surface area contributed by atoms with Crippen LogP contribution >= 0.6 is 0 Å². The zero-order valence-corrected chi connectivity index (χ0v) is 12.0. The summed E-state index contributed by atoms with van der Waals surface area (Å²) >= 11 is 0. The molecule has 2 aliphatic rings. The highest BCUT2D eigenvalue weighted by molar-refractivity contribution is 7.89. The largest absolute Gasteiger partial charge is 0.326 e. The first-order valence-electron chi connectivity index (χ1n) is 6.98. The maximum absolute atomic E-state index is 12.4. The number of hydrogen-bond donors (Lipinski definition) is 1. The van der Waals surface area contributed by atoms with Crippen LogP contribution in [0.5, 0.6) is 0 Å².